The van der Waals surface area contributed by atoms with Crippen molar-refractivity contribution in [2.24, 2.45) is 5.16 Å². The molecule has 2 nitrogen and oxygen atoms in total. The molecular formula is C7H9NOS. The van der Waals surface area contributed by atoms with Gasteiger partial charge in [0.1, 0.15) is 0 Å². The van der Waals surface area contributed by atoms with Gasteiger partial charge in [0.2, 0.25) is 0 Å². The van der Waals surface area contributed by atoms with Crippen LogP contribution in [0, 0.1) is 6.92 Å². The Kier molecular flexibility index (Phi) is 2.06. The van der Waals surface area contributed by atoms with Crippen molar-refractivity contribution in [2.75, 3.05) is 0 Å². The highest BCUT2D eigenvalue weighted by atomic mass is 32.1. The van der Waals surface area contributed by atoms with E-state index in [1.807, 2.05) is 19.1 Å². The van der Waals surface area contributed by atoms with Gasteiger partial charge in [-0.05, 0) is 26.0 Å². The van der Waals surface area contributed by atoms with Crippen molar-refractivity contribution in [3.05, 3.63) is 21.9 Å². The van der Waals surface area contributed by atoms with Crippen LogP contribution in [0.4, 0.5) is 0 Å². The number of nitrogens with zero attached hydrogens (tertiary/aromatic N) is 1. The number of thiophene rings is 1. The fraction of sp³-hybridized carbons (Fsp3) is 0.286. The fourth-order valence-corrected chi connectivity index (χ4v) is 1.49. The van der Waals surface area contributed by atoms with E-state index >= 15 is 0 Å². The second kappa shape index (κ2) is 2.84. The van der Waals surface area contributed by atoms with E-state index in [4.69, 9.17) is 5.21 Å². The van der Waals surface area contributed by atoms with E-state index < -0.39 is 0 Å². The molecule has 54 valence electrons. The summed E-state index contributed by atoms with van der Waals surface area (Å²) in [5, 5.41) is 11.5. The van der Waals surface area contributed by atoms with Gasteiger partial charge in [-0.15, -0.1) is 11.3 Å². The van der Waals surface area contributed by atoms with Crippen LogP contribution in [-0.2, 0) is 0 Å². The monoisotopic (exact) mass is 155 g/mol. The third-order valence-electron chi connectivity index (χ3n) is 1.25. The van der Waals surface area contributed by atoms with E-state index in [2.05, 4.69) is 5.16 Å². The van der Waals surface area contributed by atoms with E-state index in [1.54, 1.807) is 18.3 Å². The quantitative estimate of drug-likeness (QED) is 0.376. The molecule has 0 atom stereocenters. The van der Waals surface area contributed by atoms with E-state index in [1.165, 1.54) is 4.88 Å². The molecule has 1 heterocycles. The summed E-state index contributed by atoms with van der Waals surface area (Å²) in [4.78, 5) is 2.26. The lowest BCUT2D eigenvalue weighted by molar-refractivity contribution is 0.319. The predicted molar refractivity (Wildman–Crippen MR) is 43.1 cm³/mol. The van der Waals surface area contributed by atoms with Crippen LogP contribution in [0.3, 0.4) is 0 Å². The van der Waals surface area contributed by atoms with Gasteiger partial charge in [0.25, 0.3) is 0 Å². The van der Waals surface area contributed by atoms with Gasteiger partial charge >= 0.3 is 0 Å². The van der Waals surface area contributed by atoms with Gasteiger partial charge in [-0.1, -0.05) is 5.16 Å². The predicted octanol–water partition coefficient (Wildman–Crippen LogP) is 2.25. The molecule has 1 aromatic rings. The van der Waals surface area contributed by atoms with Crippen LogP contribution in [0.1, 0.15) is 16.7 Å². The van der Waals surface area contributed by atoms with E-state index in [-0.39, 0.29) is 0 Å². The molecular weight excluding hydrogens is 146 g/mol. The number of hydrogen-bond donors (Lipinski definition) is 1. The van der Waals surface area contributed by atoms with Crippen molar-refractivity contribution in [1.82, 2.24) is 0 Å². The van der Waals surface area contributed by atoms with Gasteiger partial charge in [0.05, 0.1) is 10.6 Å². The zero-order valence-corrected chi connectivity index (χ0v) is 6.77. The lowest BCUT2D eigenvalue weighted by atomic mass is 10.3. The Hall–Kier alpha value is -0.830. The van der Waals surface area contributed by atoms with Gasteiger partial charge in [0.15, 0.2) is 0 Å². The molecule has 0 amide bonds. The average molecular weight is 155 g/mol. The second-order valence-corrected chi connectivity index (χ2v) is 3.38. The average Bonchev–Trinajstić information content (AvgIpc) is 2.34. The standard InChI is InChI=1S/C7H9NOS/c1-5-3-4-7(10-5)6(2)8-9/h3-4,9H,1-2H3. The minimum atomic E-state index is 0.679. The SMILES string of the molecule is CC(=NO)c1ccc(C)s1. The Morgan fingerprint density at radius 3 is 2.70 bits per heavy atom. The zero-order chi connectivity index (χ0) is 7.56. The second-order valence-electron chi connectivity index (χ2n) is 2.10. The normalized spacial score (nSPS) is 12.0. The maximum Gasteiger partial charge on any atom is 0.0936 e. The van der Waals surface area contributed by atoms with Gasteiger partial charge in [-0.3, -0.25) is 0 Å². The molecule has 3 heteroatoms. The van der Waals surface area contributed by atoms with Crippen molar-refractivity contribution < 1.29 is 5.21 Å². The summed E-state index contributed by atoms with van der Waals surface area (Å²) >= 11 is 1.63. The summed E-state index contributed by atoms with van der Waals surface area (Å²) in [5.74, 6) is 0. The molecule has 0 unspecified atom stereocenters. The number of rotatable bonds is 1. The number of oxime groups is 1. The van der Waals surface area contributed by atoms with Gasteiger partial charge in [-0.2, -0.15) is 0 Å². The van der Waals surface area contributed by atoms with Crippen molar-refractivity contribution in [2.45, 2.75) is 13.8 Å². The van der Waals surface area contributed by atoms with E-state index in [0.29, 0.717) is 5.71 Å². The Bertz CT molecular complexity index is 252. The molecule has 0 spiro atoms. The highest BCUT2D eigenvalue weighted by molar-refractivity contribution is 7.14. The molecule has 0 radical (unpaired) electrons. The molecule has 1 rings (SSSR count). The summed E-state index contributed by atoms with van der Waals surface area (Å²) in [6.07, 6.45) is 0. The van der Waals surface area contributed by atoms with Crippen molar-refractivity contribution in [3.8, 4) is 0 Å². The summed E-state index contributed by atoms with van der Waals surface area (Å²) < 4.78 is 0. The molecule has 1 aromatic heterocycles. The summed E-state index contributed by atoms with van der Waals surface area (Å²) in [6, 6.07) is 3.96. The van der Waals surface area contributed by atoms with Crippen LogP contribution in [0.25, 0.3) is 0 Å². The maximum absolute atomic E-state index is 8.39. The largest absolute Gasteiger partial charge is 0.411 e. The molecule has 0 bridgehead atoms. The van der Waals surface area contributed by atoms with Crippen LogP contribution in [0.5, 0.6) is 0 Å². The molecule has 0 fully saturated rings. The molecule has 0 saturated heterocycles. The minimum absolute atomic E-state index is 0.679. The van der Waals surface area contributed by atoms with Crippen LogP contribution in [0.2, 0.25) is 0 Å². The summed E-state index contributed by atoms with van der Waals surface area (Å²) in [5.41, 5.74) is 0.679. The van der Waals surface area contributed by atoms with Gasteiger partial charge in [-0.25, -0.2) is 0 Å². The van der Waals surface area contributed by atoms with Crippen LogP contribution in [0.15, 0.2) is 17.3 Å². The maximum atomic E-state index is 8.39. The van der Waals surface area contributed by atoms with E-state index in [0.717, 1.165) is 4.88 Å². The first kappa shape index (κ1) is 7.28. The number of hydrogen-bond acceptors (Lipinski definition) is 3. The first-order valence-electron chi connectivity index (χ1n) is 2.99. The molecule has 0 aliphatic rings. The highest BCUT2D eigenvalue weighted by Crippen LogP contribution is 2.15. The first-order chi connectivity index (χ1) is 4.74. The Balaban J connectivity index is 2.95. The Morgan fingerprint density at radius 1 is 1.60 bits per heavy atom. The molecule has 0 aromatic carbocycles. The lowest BCUT2D eigenvalue weighted by Crippen LogP contribution is -1.87. The number of aryl methyl sites for hydroxylation is 1. The van der Waals surface area contributed by atoms with Crippen LogP contribution in [-0.4, -0.2) is 10.9 Å². The van der Waals surface area contributed by atoms with Crippen LogP contribution < -0.4 is 0 Å². The summed E-state index contributed by atoms with van der Waals surface area (Å²) in [7, 11) is 0. The van der Waals surface area contributed by atoms with Crippen molar-refractivity contribution in [3.63, 3.8) is 0 Å². The molecule has 0 aliphatic heterocycles. The summed E-state index contributed by atoms with van der Waals surface area (Å²) in [6.45, 7) is 3.81. The smallest absolute Gasteiger partial charge is 0.0936 e. The van der Waals surface area contributed by atoms with Crippen molar-refractivity contribution >= 4 is 17.0 Å². The molecule has 0 saturated carbocycles. The zero-order valence-electron chi connectivity index (χ0n) is 5.96. The third-order valence-corrected chi connectivity index (χ3v) is 2.36. The third kappa shape index (κ3) is 1.36. The molecule has 10 heavy (non-hydrogen) atoms. The first-order valence-corrected chi connectivity index (χ1v) is 3.81. The highest BCUT2D eigenvalue weighted by Gasteiger charge is 1.98. The Morgan fingerprint density at radius 2 is 2.30 bits per heavy atom. The lowest BCUT2D eigenvalue weighted by Gasteiger charge is -1.87. The fourth-order valence-electron chi connectivity index (χ4n) is 0.678. The van der Waals surface area contributed by atoms with E-state index in [9.17, 15) is 0 Å². The molecule has 1 N–H and O–H groups in total. The molecule has 0 aliphatic carbocycles. The van der Waals surface area contributed by atoms with Crippen LogP contribution >= 0.6 is 11.3 Å². The minimum Gasteiger partial charge on any atom is -0.411 e. The van der Waals surface area contributed by atoms with Gasteiger partial charge in [0, 0.05) is 4.88 Å². The van der Waals surface area contributed by atoms with Crippen molar-refractivity contribution in [1.29, 1.82) is 0 Å². The topological polar surface area (TPSA) is 32.6 Å². The van der Waals surface area contributed by atoms with Gasteiger partial charge < -0.3 is 5.21 Å². The Labute approximate surface area is 63.8 Å².